The Kier molecular flexibility index (Phi) is 3.30. The first kappa shape index (κ1) is 16.2. The van der Waals surface area contributed by atoms with E-state index in [1.54, 1.807) is 0 Å². The van der Waals surface area contributed by atoms with Crippen molar-refractivity contribution in [3.8, 4) is 11.5 Å². The molecule has 0 spiro atoms. The number of aromatic hydroxyl groups is 2. The Labute approximate surface area is 155 Å². The van der Waals surface area contributed by atoms with Gasteiger partial charge in [-0.15, -0.1) is 0 Å². The molecule has 0 radical (unpaired) electrons. The average molecular weight is 348 g/mol. The Bertz CT molecular complexity index is 798. The van der Waals surface area contributed by atoms with Gasteiger partial charge in [0.05, 0.1) is 0 Å². The van der Waals surface area contributed by atoms with Crippen LogP contribution in [0.15, 0.2) is 36.4 Å². The molecule has 0 amide bonds. The molecule has 4 aliphatic carbocycles. The van der Waals surface area contributed by atoms with Crippen LogP contribution in [0, 0.1) is 25.7 Å². The second-order valence-corrected chi connectivity index (χ2v) is 9.52. The standard InChI is InChI=1S/C24H28O2/c1-15-7-19(25)3-5-21(15)23-10-17-9-18(11-23)13-24(12-17,14-23)22-6-4-20(26)8-16(22)2/h3-8,17-18,25-26H,9-14H2,1-2H3. The Morgan fingerprint density at radius 1 is 0.731 bits per heavy atom. The summed E-state index contributed by atoms with van der Waals surface area (Å²) in [6.45, 7) is 4.32. The zero-order valence-corrected chi connectivity index (χ0v) is 15.8. The minimum atomic E-state index is 0.256. The third-order valence-corrected chi connectivity index (χ3v) is 7.62. The Balaban J connectivity index is 1.64. The van der Waals surface area contributed by atoms with E-state index >= 15 is 0 Å². The first-order chi connectivity index (χ1) is 12.4. The van der Waals surface area contributed by atoms with E-state index in [2.05, 4.69) is 26.0 Å². The van der Waals surface area contributed by atoms with Crippen molar-refractivity contribution >= 4 is 0 Å². The van der Waals surface area contributed by atoms with Crippen LogP contribution in [0.2, 0.25) is 0 Å². The topological polar surface area (TPSA) is 40.5 Å². The van der Waals surface area contributed by atoms with Crippen molar-refractivity contribution in [1.82, 2.24) is 0 Å². The Morgan fingerprint density at radius 2 is 1.15 bits per heavy atom. The summed E-state index contributed by atoms with van der Waals surface area (Å²) in [5.74, 6) is 2.36. The lowest BCUT2D eigenvalue weighted by atomic mass is 9.41. The normalized spacial score (nSPS) is 35.0. The van der Waals surface area contributed by atoms with Crippen LogP contribution >= 0.6 is 0 Å². The number of benzene rings is 2. The fourth-order valence-corrected chi connectivity index (χ4v) is 7.38. The van der Waals surface area contributed by atoms with Crippen LogP contribution in [0.1, 0.15) is 60.8 Å². The van der Waals surface area contributed by atoms with Crippen LogP contribution < -0.4 is 0 Å². The van der Waals surface area contributed by atoms with Gasteiger partial charge < -0.3 is 10.2 Å². The first-order valence-corrected chi connectivity index (χ1v) is 9.99. The molecule has 2 aromatic rings. The highest BCUT2D eigenvalue weighted by molar-refractivity contribution is 5.46. The number of phenols is 2. The van der Waals surface area contributed by atoms with Crippen molar-refractivity contribution in [2.75, 3.05) is 0 Å². The van der Waals surface area contributed by atoms with Gasteiger partial charge in [0.1, 0.15) is 11.5 Å². The van der Waals surface area contributed by atoms with Gasteiger partial charge in [-0.05, 0) is 122 Å². The SMILES string of the molecule is Cc1cc(O)ccc1C12CC3CC(C1)CC(c1ccc(O)cc1C)(C3)C2. The molecular weight excluding hydrogens is 320 g/mol. The van der Waals surface area contributed by atoms with Crippen LogP contribution in [-0.4, -0.2) is 10.2 Å². The molecule has 2 N–H and O–H groups in total. The first-order valence-electron chi connectivity index (χ1n) is 9.99. The van der Waals surface area contributed by atoms with Crippen LogP contribution in [0.3, 0.4) is 0 Å². The molecule has 26 heavy (non-hydrogen) atoms. The third-order valence-electron chi connectivity index (χ3n) is 7.62. The molecule has 2 aromatic carbocycles. The summed E-state index contributed by atoms with van der Waals surface area (Å²) in [4.78, 5) is 0. The maximum atomic E-state index is 9.89. The lowest BCUT2D eigenvalue weighted by Crippen LogP contribution is -2.56. The lowest BCUT2D eigenvalue weighted by molar-refractivity contribution is -0.0286. The molecule has 0 saturated heterocycles. The van der Waals surface area contributed by atoms with Crippen molar-refractivity contribution in [2.24, 2.45) is 11.8 Å². The second kappa shape index (κ2) is 5.28. The summed E-state index contributed by atoms with van der Waals surface area (Å²) in [5, 5.41) is 19.8. The molecule has 4 saturated carbocycles. The molecular formula is C24H28O2. The van der Waals surface area contributed by atoms with Gasteiger partial charge >= 0.3 is 0 Å². The zero-order valence-electron chi connectivity index (χ0n) is 15.8. The Morgan fingerprint density at radius 3 is 1.54 bits per heavy atom. The molecule has 136 valence electrons. The van der Waals surface area contributed by atoms with E-state index < -0.39 is 0 Å². The highest BCUT2D eigenvalue weighted by Crippen LogP contribution is 2.66. The van der Waals surface area contributed by atoms with Crippen LogP contribution in [0.4, 0.5) is 0 Å². The number of hydrogen-bond acceptors (Lipinski definition) is 2. The molecule has 4 bridgehead atoms. The third kappa shape index (κ3) is 2.24. The van der Waals surface area contributed by atoms with E-state index in [1.807, 2.05) is 24.3 Å². The van der Waals surface area contributed by atoms with Crippen LogP contribution in [0.5, 0.6) is 11.5 Å². The monoisotopic (exact) mass is 348 g/mol. The van der Waals surface area contributed by atoms with Gasteiger partial charge in [0, 0.05) is 0 Å². The molecule has 0 aliphatic heterocycles. The van der Waals surface area contributed by atoms with E-state index in [9.17, 15) is 10.2 Å². The molecule has 4 fully saturated rings. The predicted molar refractivity (Wildman–Crippen MR) is 104 cm³/mol. The molecule has 0 aromatic heterocycles. The van der Waals surface area contributed by atoms with Crippen molar-refractivity contribution in [1.29, 1.82) is 0 Å². The van der Waals surface area contributed by atoms with E-state index in [0.717, 1.165) is 11.8 Å². The van der Waals surface area contributed by atoms with Gasteiger partial charge in [-0.1, -0.05) is 12.1 Å². The number of rotatable bonds is 2. The van der Waals surface area contributed by atoms with Gasteiger partial charge in [0.25, 0.3) is 0 Å². The van der Waals surface area contributed by atoms with Gasteiger partial charge in [0.15, 0.2) is 0 Å². The van der Waals surface area contributed by atoms with Gasteiger partial charge in [-0.2, -0.15) is 0 Å². The predicted octanol–water partition coefficient (Wildman–Crippen LogP) is 5.50. The van der Waals surface area contributed by atoms with E-state index in [0.29, 0.717) is 11.5 Å². The van der Waals surface area contributed by atoms with E-state index in [-0.39, 0.29) is 10.8 Å². The van der Waals surface area contributed by atoms with Crippen molar-refractivity contribution < 1.29 is 10.2 Å². The summed E-state index contributed by atoms with van der Waals surface area (Å²) in [6.07, 6.45) is 7.80. The van der Waals surface area contributed by atoms with Crippen molar-refractivity contribution in [3.63, 3.8) is 0 Å². The summed E-state index contributed by atoms with van der Waals surface area (Å²) in [6, 6.07) is 12.0. The zero-order chi connectivity index (χ0) is 18.1. The van der Waals surface area contributed by atoms with Crippen molar-refractivity contribution in [2.45, 2.75) is 63.2 Å². The summed E-state index contributed by atoms with van der Waals surface area (Å²) in [5.41, 5.74) is 5.92. The molecule has 0 unspecified atom stereocenters. The molecule has 4 aliphatic rings. The highest BCUT2D eigenvalue weighted by atomic mass is 16.3. The van der Waals surface area contributed by atoms with Crippen LogP contribution in [-0.2, 0) is 10.8 Å². The van der Waals surface area contributed by atoms with Gasteiger partial charge in [-0.3, -0.25) is 0 Å². The highest BCUT2D eigenvalue weighted by Gasteiger charge is 2.59. The summed E-state index contributed by atoms with van der Waals surface area (Å²) < 4.78 is 0. The van der Waals surface area contributed by atoms with Crippen molar-refractivity contribution in [3.05, 3.63) is 58.7 Å². The van der Waals surface area contributed by atoms with Crippen LogP contribution in [0.25, 0.3) is 0 Å². The molecule has 2 nitrogen and oxygen atoms in total. The second-order valence-electron chi connectivity index (χ2n) is 9.52. The maximum absolute atomic E-state index is 9.89. The minimum Gasteiger partial charge on any atom is -0.508 e. The minimum absolute atomic E-state index is 0.256. The van der Waals surface area contributed by atoms with E-state index in [4.69, 9.17) is 0 Å². The van der Waals surface area contributed by atoms with Gasteiger partial charge in [-0.25, -0.2) is 0 Å². The smallest absolute Gasteiger partial charge is 0.115 e. The van der Waals surface area contributed by atoms with Gasteiger partial charge in [0.2, 0.25) is 0 Å². The largest absolute Gasteiger partial charge is 0.508 e. The Hall–Kier alpha value is -1.96. The van der Waals surface area contributed by atoms with E-state index in [1.165, 1.54) is 60.8 Å². The molecule has 2 heteroatoms. The molecule has 6 rings (SSSR count). The fourth-order valence-electron chi connectivity index (χ4n) is 7.38. The number of hydrogen-bond donors (Lipinski definition) is 2. The summed E-state index contributed by atoms with van der Waals surface area (Å²) >= 11 is 0. The molecule has 0 atom stereocenters. The fraction of sp³-hybridized carbons (Fsp3) is 0.500. The number of phenolic OH excluding ortho intramolecular Hbond substituents is 2. The quantitative estimate of drug-likeness (QED) is 0.752. The molecule has 0 heterocycles. The maximum Gasteiger partial charge on any atom is 0.115 e. The lowest BCUT2D eigenvalue weighted by Gasteiger charge is -2.63. The average Bonchev–Trinajstić information content (AvgIpc) is 2.52. The summed E-state index contributed by atoms with van der Waals surface area (Å²) in [7, 11) is 0. The number of aryl methyl sites for hydroxylation is 2.